The number of hydrogen-bond donors (Lipinski definition) is 1. The molecule has 0 radical (unpaired) electrons. The van der Waals surface area contributed by atoms with Crippen molar-refractivity contribution < 1.29 is 19.1 Å². The molecular formula is C21H23ClN2O4. The number of rotatable bonds is 7. The first kappa shape index (κ1) is 20.0. The van der Waals surface area contributed by atoms with Gasteiger partial charge in [0.2, 0.25) is 5.91 Å². The van der Waals surface area contributed by atoms with Gasteiger partial charge in [-0.15, -0.1) is 0 Å². The molecule has 1 aliphatic rings. The van der Waals surface area contributed by atoms with Gasteiger partial charge in [-0.2, -0.15) is 0 Å². The van der Waals surface area contributed by atoms with Crippen LogP contribution in [0.15, 0.2) is 42.5 Å². The first-order valence-corrected chi connectivity index (χ1v) is 9.56. The van der Waals surface area contributed by atoms with Gasteiger partial charge >= 0.3 is 0 Å². The van der Waals surface area contributed by atoms with E-state index < -0.39 is 0 Å². The van der Waals surface area contributed by atoms with Gasteiger partial charge in [0.25, 0.3) is 5.91 Å². The Morgan fingerprint density at radius 3 is 2.57 bits per heavy atom. The lowest BCUT2D eigenvalue weighted by molar-refractivity contribution is -0.129. The van der Waals surface area contributed by atoms with E-state index in [-0.39, 0.29) is 25.0 Å². The van der Waals surface area contributed by atoms with Crippen LogP contribution >= 0.6 is 11.6 Å². The average Bonchev–Trinajstić information content (AvgIpc) is 3.26. The van der Waals surface area contributed by atoms with Crippen molar-refractivity contribution in [2.45, 2.75) is 19.4 Å². The van der Waals surface area contributed by atoms with E-state index in [4.69, 9.17) is 21.1 Å². The smallest absolute Gasteiger partial charge is 0.251 e. The molecule has 7 heteroatoms. The molecule has 2 aromatic rings. The van der Waals surface area contributed by atoms with Gasteiger partial charge in [0.05, 0.1) is 13.7 Å². The molecule has 0 bridgehead atoms. The van der Waals surface area contributed by atoms with Gasteiger partial charge in [-0.3, -0.25) is 9.59 Å². The molecule has 148 valence electrons. The van der Waals surface area contributed by atoms with Crippen LogP contribution in [0.1, 0.15) is 28.8 Å². The molecule has 0 spiro atoms. The Kier molecular flexibility index (Phi) is 6.76. The number of nitrogens with one attached hydrogen (secondary N) is 1. The van der Waals surface area contributed by atoms with Crippen molar-refractivity contribution in [1.29, 1.82) is 0 Å². The Balaban J connectivity index is 1.60. The van der Waals surface area contributed by atoms with E-state index in [9.17, 15) is 9.59 Å². The first-order valence-electron chi connectivity index (χ1n) is 9.18. The molecule has 0 unspecified atom stereocenters. The van der Waals surface area contributed by atoms with Gasteiger partial charge < -0.3 is 19.7 Å². The molecule has 0 atom stereocenters. The molecule has 0 aromatic heterocycles. The zero-order valence-electron chi connectivity index (χ0n) is 15.7. The monoisotopic (exact) mass is 402 g/mol. The molecule has 0 aliphatic carbocycles. The van der Waals surface area contributed by atoms with Crippen LogP contribution in [0.2, 0.25) is 5.02 Å². The number of halogens is 1. The second-order valence-corrected chi connectivity index (χ2v) is 6.92. The summed E-state index contributed by atoms with van der Waals surface area (Å²) in [5.41, 5.74) is 1.25. The van der Waals surface area contributed by atoms with Crippen LogP contribution in [0.3, 0.4) is 0 Å². The quantitative estimate of drug-likeness (QED) is 0.771. The summed E-state index contributed by atoms with van der Waals surface area (Å²) >= 11 is 6.14. The van der Waals surface area contributed by atoms with E-state index in [0.29, 0.717) is 22.1 Å². The van der Waals surface area contributed by atoms with Crippen LogP contribution in [-0.2, 0) is 11.4 Å². The molecule has 2 aromatic carbocycles. The third-order valence-electron chi connectivity index (χ3n) is 4.63. The number of amides is 2. The predicted molar refractivity (Wildman–Crippen MR) is 107 cm³/mol. The second kappa shape index (κ2) is 9.46. The molecule has 6 nitrogen and oxygen atoms in total. The van der Waals surface area contributed by atoms with Crippen molar-refractivity contribution >= 4 is 23.4 Å². The average molecular weight is 403 g/mol. The SMILES string of the molecule is COc1cc(C(=O)NCC(=O)N2CCCC2)ccc1OCc1ccccc1Cl. The van der Waals surface area contributed by atoms with Crippen molar-refractivity contribution in [2.75, 3.05) is 26.7 Å². The summed E-state index contributed by atoms with van der Waals surface area (Å²) in [5, 5.41) is 3.29. The van der Waals surface area contributed by atoms with Crippen molar-refractivity contribution in [3.05, 3.63) is 58.6 Å². The summed E-state index contributed by atoms with van der Waals surface area (Å²) in [4.78, 5) is 26.2. The maximum atomic E-state index is 12.4. The molecule has 1 heterocycles. The molecule has 1 aliphatic heterocycles. The minimum Gasteiger partial charge on any atom is -0.493 e. The third-order valence-corrected chi connectivity index (χ3v) is 4.99. The summed E-state index contributed by atoms with van der Waals surface area (Å²) in [6, 6.07) is 12.3. The Hall–Kier alpha value is -2.73. The summed E-state index contributed by atoms with van der Waals surface area (Å²) in [7, 11) is 1.51. The van der Waals surface area contributed by atoms with E-state index in [1.165, 1.54) is 7.11 Å². The van der Waals surface area contributed by atoms with Crippen molar-refractivity contribution in [3.63, 3.8) is 0 Å². The number of hydrogen-bond acceptors (Lipinski definition) is 4. The summed E-state index contributed by atoms with van der Waals surface area (Å²) < 4.78 is 11.1. The standard InChI is InChI=1S/C21H23ClN2O4/c1-27-19-12-15(21(26)23-13-20(25)24-10-4-5-11-24)8-9-18(19)28-14-16-6-2-3-7-17(16)22/h2-3,6-9,12H,4-5,10-11,13-14H2,1H3,(H,23,26). The summed E-state index contributed by atoms with van der Waals surface area (Å²) in [6.07, 6.45) is 2.04. The Labute approximate surface area is 169 Å². The minimum absolute atomic E-state index is 0.00803. The van der Waals surface area contributed by atoms with Gasteiger partial charge in [-0.05, 0) is 37.1 Å². The van der Waals surface area contributed by atoms with Gasteiger partial charge in [-0.1, -0.05) is 29.8 Å². The molecule has 28 heavy (non-hydrogen) atoms. The Morgan fingerprint density at radius 1 is 1.11 bits per heavy atom. The molecule has 1 saturated heterocycles. The van der Waals surface area contributed by atoms with Crippen LogP contribution in [-0.4, -0.2) is 43.5 Å². The van der Waals surface area contributed by atoms with Gasteiger partial charge in [0, 0.05) is 29.2 Å². The fourth-order valence-electron chi connectivity index (χ4n) is 3.04. The molecule has 1 fully saturated rings. The number of benzene rings is 2. The lowest BCUT2D eigenvalue weighted by Gasteiger charge is -2.16. The van der Waals surface area contributed by atoms with Crippen molar-refractivity contribution in [2.24, 2.45) is 0 Å². The predicted octanol–water partition coefficient (Wildman–Crippen LogP) is 3.28. The number of nitrogens with zero attached hydrogens (tertiary/aromatic N) is 1. The largest absolute Gasteiger partial charge is 0.493 e. The minimum atomic E-state index is -0.330. The zero-order valence-corrected chi connectivity index (χ0v) is 16.5. The molecule has 3 rings (SSSR count). The molecule has 2 amide bonds. The fraction of sp³-hybridized carbons (Fsp3) is 0.333. The van der Waals surface area contributed by atoms with Crippen molar-refractivity contribution in [3.8, 4) is 11.5 Å². The molecule has 1 N–H and O–H groups in total. The lowest BCUT2D eigenvalue weighted by atomic mass is 10.2. The number of ether oxygens (including phenoxy) is 2. The van der Waals surface area contributed by atoms with Crippen LogP contribution < -0.4 is 14.8 Å². The third kappa shape index (κ3) is 4.95. The van der Waals surface area contributed by atoms with E-state index in [1.54, 1.807) is 29.2 Å². The van der Waals surface area contributed by atoms with E-state index in [0.717, 1.165) is 31.5 Å². The molecule has 0 saturated carbocycles. The summed E-state index contributed by atoms with van der Waals surface area (Å²) in [6.45, 7) is 1.80. The highest BCUT2D eigenvalue weighted by molar-refractivity contribution is 6.31. The number of carbonyl (C=O) groups excluding carboxylic acids is 2. The van der Waals surface area contributed by atoms with Gasteiger partial charge in [0.1, 0.15) is 6.61 Å². The van der Waals surface area contributed by atoms with E-state index >= 15 is 0 Å². The lowest BCUT2D eigenvalue weighted by Crippen LogP contribution is -2.38. The highest BCUT2D eigenvalue weighted by atomic mass is 35.5. The van der Waals surface area contributed by atoms with E-state index in [2.05, 4.69) is 5.32 Å². The fourth-order valence-corrected chi connectivity index (χ4v) is 3.23. The van der Waals surface area contributed by atoms with Crippen molar-refractivity contribution in [1.82, 2.24) is 10.2 Å². The number of likely N-dealkylation sites (tertiary alicyclic amines) is 1. The zero-order chi connectivity index (χ0) is 19.9. The van der Waals surface area contributed by atoms with Gasteiger partial charge in [-0.25, -0.2) is 0 Å². The highest BCUT2D eigenvalue weighted by Gasteiger charge is 2.19. The Morgan fingerprint density at radius 2 is 1.86 bits per heavy atom. The maximum absolute atomic E-state index is 12.4. The summed E-state index contributed by atoms with van der Waals surface area (Å²) in [5.74, 6) is 0.554. The molecular weight excluding hydrogens is 380 g/mol. The van der Waals surface area contributed by atoms with E-state index in [1.807, 2.05) is 18.2 Å². The second-order valence-electron chi connectivity index (χ2n) is 6.52. The topological polar surface area (TPSA) is 67.9 Å². The maximum Gasteiger partial charge on any atom is 0.251 e. The number of carbonyl (C=O) groups is 2. The van der Waals surface area contributed by atoms with Crippen LogP contribution in [0.25, 0.3) is 0 Å². The normalized spacial score (nSPS) is 13.3. The van der Waals surface area contributed by atoms with Crippen LogP contribution in [0.5, 0.6) is 11.5 Å². The van der Waals surface area contributed by atoms with Gasteiger partial charge in [0.15, 0.2) is 11.5 Å². The number of methoxy groups -OCH3 is 1. The van der Waals surface area contributed by atoms with Crippen LogP contribution in [0.4, 0.5) is 0 Å². The van der Waals surface area contributed by atoms with Crippen LogP contribution in [0, 0.1) is 0 Å². The Bertz CT molecular complexity index is 850. The first-order chi connectivity index (χ1) is 13.6. The highest BCUT2D eigenvalue weighted by Crippen LogP contribution is 2.29.